The summed E-state index contributed by atoms with van der Waals surface area (Å²) in [6.45, 7) is 0. The third-order valence-electron chi connectivity index (χ3n) is 7.12. The molecule has 0 spiro atoms. The summed E-state index contributed by atoms with van der Waals surface area (Å²) < 4.78 is 16.2. The van der Waals surface area contributed by atoms with Crippen molar-refractivity contribution in [1.29, 1.82) is 0 Å². The third kappa shape index (κ3) is 2.96. The van der Waals surface area contributed by atoms with Gasteiger partial charge in [0.15, 0.2) is 5.76 Å². The molecule has 2 amide bonds. The van der Waals surface area contributed by atoms with Crippen LogP contribution < -0.4 is 14.4 Å². The largest absolute Gasteiger partial charge is 0.497 e. The summed E-state index contributed by atoms with van der Waals surface area (Å²) in [6, 6.07) is 14.5. The molecule has 35 heavy (non-hydrogen) atoms. The van der Waals surface area contributed by atoms with E-state index in [2.05, 4.69) is 0 Å². The molecule has 0 bridgehead atoms. The minimum atomic E-state index is -0.892. The molecular weight excluding hydrogens is 448 g/mol. The number of Topliss-reactive ketones (excluding diaryl/α,β-unsaturated/α-hetero) is 1. The number of furan rings is 1. The van der Waals surface area contributed by atoms with Crippen LogP contribution in [0.3, 0.4) is 0 Å². The van der Waals surface area contributed by atoms with Crippen LogP contribution in [0.5, 0.6) is 11.5 Å². The molecule has 2 saturated heterocycles. The van der Waals surface area contributed by atoms with Crippen molar-refractivity contribution >= 4 is 29.4 Å². The number of carbonyl (C=O) groups excluding carboxylic acids is 3. The number of nitrogens with zero attached hydrogens (tertiary/aromatic N) is 2. The molecule has 0 aliphatic carbocycles. The number of hydrogen-bond donors (Lipinski definition) is 0. The molecule has 176 valence electrons. The van der Waals surface area contributed by atoms with E-state index in [9.17, 15) is 14.4 Å². The minimum absolute atomic E-state index is 0.152. The average molecular weight is 470 g/mol. The van der Waals surface area contributed by atoms with Gasteiger partial charge in [0, 0.05) is 12.3 Å². The number of imide groups is 1. The van der Waals surface area contributed by atoms with Crippen LogP contribution in [0.25, 0.3) is 6.08 Å². The van der Waals surface area contributed by atoms with Gasteiger partial charge in [-0.25, -0.2) is 4.90 Å². The van der Waals surface area contributed by atoms with Gasteiger partial charge in [0.1, 0.15) is 17.5 Å². The van der Waals surface area contributed by atoms with Crippen LogP contribution in [0.2, 0.25) is 0 Å². The second-order valence-electron chi connectivity index (χ2n) is 8.72. The molecule has 0 N–H and O–H groups in total. The molecule has 0 saturated carbocycles. The van der Waals surface area contributed by atoms with E-state index in [1.54, 1.807) is 30.3 Å². The van der Waals surface area contributed by atoms with E-state index in [4.69, 9.17) is 13.9 Å². The molecule has 2 aromatic carbocycles. The van der Waals surface area contributed by atoms with E-state index < -0.39 is 29.8 Å². The fourth-order valence-electron chi connectivity index (χ4n) is 5.63. The lowest BCUT2D eigenvalue weighted by Crippen LogP contribution is -2.44. The van der Waals surface area contributed by atoms with Gasteiger partial charge in [0.05, 0.1) is 44.0 Å². The zero-order chi connectivity index (χ0) is 24.3. The molecule has 8 nitrogen and oxygen atoms in total. The Balaban J connectivity index is 1.51. The smallest absolute Gasteiger partial charge is 0.240 e. The average Bonchev–Trinajstić information content (AvgIpc) is 3.60. The summed E-state index contributed by atoms with van der Waals surface area (Å²) in [5.41, 5.74) is 2.16. The molecule has 3 aromatic rings. The van der Waals surface area contributed by atoms with Crippen LogP contribution in [-0.4, -0.2) is 42.8 Å². The Bertz CT molecular complexity index is 1380. The van der Waals surface area contributed by atoms with Crippen LogP contribution in [0.1, 0.15) is 27.7 Å². The standard InChI is InChI=1S/C27H22N2O6/c1-33-16-9-10-19(34-2)18(14-16)29-26(31)21-22(27(29)32)24(25(30)20-8-5-13-35-20)28-12-11-15-6-3-4-7-17(15)23(21)28/h3-14,21-24H,1-2H3/t21-,22+,23?,24-/m0/s1. The van der Waals surface area contributed by atoms with Crippen molar-refractivity contribution in [3.05, 3.63) is 83.9 Å². The molecule has 1 unspecified atom stereocenters. The van der Waals surface area contributed by atoms with E-state index in [-0.39, 0.29) is 17.5 Å². The van der Waals surface area contributed by atoms with Crippen LogP contribution in [0.15, 0.2) is 71.5 Å². The molecule has 3 aliphatic rings. The van der Waals surface area contributed by atoms with Gasteiger partial charge in [-0.2, -0.15) is 0 Å². The van der Waals surface area contributed by atoms with Crippen molar-refractivity contribution in [2.75, 3.05) is 19.1 Å². The Morgan fingerprint density at radius 3 is 2.49 bits per heavy atom. The van der Waals surface area contributed by atoms with E-state index in [1.165, 1.54) is 20.5 Å². The number of anilines is 1. The van der Waals surface area contributed by atoms with Gasteiger partial charge in [-0.15, -0.1) is 0 Å². The first-order valence-corrected chi connectivity index (χ1v) is 11.3. The maximum Gasteiger partial charge on any atom is 0.240 e. The fraction of sp³-hybridized carbons (Fsp3) is 0.222. The van der Waals surface area contributed by atoms with Crippen LogP contribution >= 0.6 is 0 Å². The first-order chi connectivity index (χ1) is 17.0. The number of methoxy groups -OCH3 is 2. The summed E-state index contributed by atoms with van der Waals surface area (Å²) >= 11 is 0. The summed E-state index contributed by atoms with van der Waals surface area (Å²) in [5.74, 6) is -1.81. The lowest BCUT2D eigenvalue weighted by atomic mass is 9.84. The summed E-state index contributed by atoms with van der Waals surface area (Å²) in [6.07, 6.45) is 5.15. The van der Waals surface area contributed by atoms with Crippen molar-refractivity contribution in [1.82, 2.24) is 4.90 Å². The maximum atomic E-state index is 14.0. The molecular formula is C27H22N2O6. The number of carbonyl (C=O) groups is 3. The molecule has 3 aliphatic heterocycles. The number of amides is 2. The molecule has 0 radical (unpaired) electrons. The highest BCUT2D eigenvalue weighted by molar-refractivity contribution is 6.25. The Hall–Kier alpha value is -4.33. The summed E-state index contributed by atoms with van der Waals surface area (Å²) in [7, 11) is 2.99. The van der Waals surface area contributed by atoms with Crippen molar-refractivity contribution in [3.63, 3.8) is 0 Å². The predicted molar refractivity (Wildman–Crippen MR) is 126 cm³/mol. The lowest BCUT2D eigenvalue weighted by molar-refractivity contribution is -0.123. The fourth-order valence-corrected chi connectivity index (χ4v) is 5.63. The first-order valence-electron chi connectivity index (χ1n) is 11.3. The highest BCUT2D eigenvalue weighted by Gasteiger charge is 2.65. The van der Waals surface area contributed by atoms with Crippen molar-refractivity contribution < 1.29 is 28.3 Å². The third-order valence-corrected chi connectivity index (χ3v) is 7.12. The molecule has 4 atom stereocenters. The normalized spacial score (nSPS) is 24.3. The zero-order valence-corrected chi connectivity index (χ0v) is 19.1. The van der Waals surface area contributed by atoms with Gasteiger partial charge >= 0.3 is 0 Å². The minimum Gasteiger partial charge on any atom is -0.497 e. The molecule has 1 aromatic heterocycles. The number of rotatable bonds is 5. The molecule has 2 fully saturated rings. The van der Waals surface area contributed by atoms with E-state index in [0.29, 0.717) is 17.2 Å². The number of ether oxygens (including phenoxy) is 2. The van der Waals surface area contributed by atoms with Gasteiger partial charge in [-0.1, -0.05) is 24.3 Å². The van der Waals surface area contributed by atoms with Crippen molar-refractivity contribution in [2.45, 2.75) is 12.1 Å². The number of ketones is 1. The van der Waals surface area contributed by atoms with Crippen LogP contribution in [0.4, 0.5) is 5.69 Å². The molecule has 4 heterocycles. The van der Waals surface area contributed by atoms with Gasteiger partial charge < -0.3 is 18.8 Å². The number of hydrogen-bond acceptors (Lipinski definition) is 7. The first kappa shape index (κ1) is 21.2. The molecule has 8 heteroatoms. The second kappa shape index (κ2) is 7.87. The maximum absolute atomic E-state index is 14.0. The Labute approximate surface area is 201 Å². The zero-order valence-electron chi connectivity index (χ0n) is 19.1. The van der Waals surface area contributed by atoms with Crippen LogP contribution in [0, 0.1) is 11.8 Å². The summed E-state index contributed by atoms with van der Waals surface area (Å²) in [5, 5.41) is 0. The quantitative estimate of drug-likeness (QED) is 0.415. The Morgan fingerprint density at radius 1 is 0.943 bits per heavy atom. The number of benzene rings is 2. The van der Waals surface area contributed by atoms with Gasteiger partial charge in [-0.05, 0) is 41.5 Å². The number of fused-ring (bicyclic) bond motifs is 5. The van der Waals surface area contributed by atoms with Crippen LogP contribution in [-0.2, 0) is 9.59 Å². The van der Waals surface area contributed by atoms with Gasteiger partial charge in [0.2, 0.25) is 17.6 Å². The van der Waals surface area contributed by atoms with E-state index in [1.807, 2.05) is 41.4 Å². The second-order valence-corrected chi connectivity index (χ2v) is 8.72. The predicted octanol–water partition coefficient (Wildman–Crippen LogP) is 3.70. The SMILES string of the molecule is COc1ccc(OC)c(N2C(=O)[C@@H]3[C@H](C2=O)C2c4ccccc4C=CN2[C@@H]3C(=O)c2ccco2)c1. The monoisotopic (exact) mass is 470 g/mol. The van der Waals surface area contributed by atoms with Crippen molar-refractivity contribution in [3.8, 4) is 11.5 Å². The van der Waals surface area contributed by atoms with E-state index >= 15 is 0 Å². The van der Waals surface area contributed by atoms with Gasteiger partial charge in [-0.3, -0.25) is 14.4 Å². The highest BCUT2D eigenvalue weighted by Crippen LogP contribution is 2.54. The highest BCUT2D eigenvalue weighted by atomic mass is 16.5. The topological polar surface area (TPSA) is 89.3 Å². The van der Waals surface area contributed by atoms with Crippen molar-refractivity contribution in [2.24, 2.45) is 11.8 Å². The van der Waals surface area contributed by atoms with Gasteiger partial charge in [0.25, 0.3) is 0 Å². The Kier molecular flexibility index (Phi) is 4.77. The molecule has 6 rings (SSSR count). The van der Waals surface area contributed by atoms with E-state index in [0.717, 1.165) is 16.0 Å². The lowest BCUT2D eigenvalue weighted by Gasteiger charge is -2.35. The summed E-state index contributed by atoms with van der Waals surface area (Å²) in [4.78, 5) is 44.6. The Morgan fingerprint density at radius 2 is 1.74 bits per heavy atom.